The number of hydrogen-bond acceptors (Lipinski definition) is 4. The number of benzene rings is 1. The van der Waals surface area contributed by atoms with E-state index in [9.17, 15) is 0 Å². The highest BCUT2D eigenvalue weighted by atomic mass is 32.2. The minimum absolute atomic E-state index is 0.318. The van der Waals surface area contributed by atoms with Crippen molar-refractivity contribution in [1.29, 1.82) is 0 Å². The Morgan fingerprint density at radius 1 is 1.20 bits per heavy atom. The van der Waals surface area contributed by atoms with Gasteiger partial charge in [0.2, 0.25) is 0 Å². The fraction of sp³-hybridized carbons (Fsp3) is 0.467. The maximum atomic E-state index is 4.24. The first kappa shape index (κ1) is 15.1. The molecule has 2 aromatic rings. The molecule has 0 spiro atoms. The van der Waals surface area contributed by atoms with E-state index in [0.29, 0.717) is 12.0 Å². The smallest absolute Gasteiger partial charge is 0.185 e. The second-order valence-corrected chi connectivity index (χ2v) is 6.13. The number of aromatic nitrogens is 3. The van der Waals surface area contributed by atoms with Crippen LogP contribution in [0.15, 0.2) is 35.7 Å². The number of nitrogens with zero attached hydrogens (tertiary/aromatic N) is 3. The van der Waals surface area contributed by atoms with Gasteiger partial charge >= 0.3 is 0 Å². The van der Waals surface area contributed by atoms with Gasteiger partial charge in [0.05, 0.1) is 0 Å². The van der Waals surface area contributed by atoms with Crippen LogP contribution in [-0.2, 0) is 7.05 Å². The molecule has 1 atom stereocenters. The Bertz CT molecular complexity index is 533. The molecule has 1 N–H and O–H groups in total. The predicted molar refractivity (Wildman–Crippen MR) is 84.1 cm³/mol. The summed E-state index contributed by atoms with van der Waals surface area (Å²) in [6.07, 6.45) is 1.59. The first-order valence-corrected chi connectivity index (χ1v) is 7.84. The van der Waals surface area contributed by atoms with Crippen molar-refractivity contribution < 1.29 is 0 Å². The molecule has 0 aliphatic carbocycles. The number of hydrogen-bond donors (Lipinski definition) is 1. The molecule has 1 unspecified atom stereocenters. The zero-order valence-corrected chi connectivity index (χ0v) is 13.3. The predicted octanol–water partition coefficient (Wildman–Crippen LogP) is 2.99. The summed E-state index contributed by atoms with van der Waals surface area (Å²) in [5.41, 5.74) is 2.69. The highest BCUT2D eigenvalue weighted by molar-refractivity contribution is 7.99. The van der Waals surface area contributed by atoms with Gasteiger partial charge in [0, 0.05) is 18.8 Å². The van der Waals surface area contributed by atoms with Crippen molar-refractivity contribution >= 4 is 11.8 Å². The standard InChI is InChI=1S/C15H22N4S/c1-11(2)12-5-7-13(8-6-12)14(16-3)9-20-15-17-10-18-19(15)4/h5-8,10-11,14,16H,9H2,1-4H3. The topological polar surface area (TPSA) is 42.7 Å². The van der Waals surface area contributed by atoms with E-state index in [2.05, 4.69) is 53.5 Å². The van der Waals surface area contributed by atoms with Crippen molar-refractivity contribution in [2.45, 2.75) is 31.0 Å². The third-order valence-electron chi connectivity index (χ3n) is 3.40. The van der Waals surface area contributed by atoms with Crippen LogP contribution in [0.25, 0.3) is 0 Å². The van der Waals surface area contributed by atoms with Gasteiger partial charge in [-0.3, -0.25) is 0 Å². The van der Waals surface area contributed by atoms with E-state index in [1.165, 1.54) is 11.1 Å². The summed E-state index contributed by atoms with van der Waals surface area (Å²) >= 11 is 1.72. The van der Waals surface area contributed by atoms with Crippen molar-refractivity contribution in [2.75, 3.05) is 12.8 Å². The second-order valence-electron chi connectivity index (χ2n) is 5.14. The van der Waals surface area contributed by atoms with Gasteiger partial charge < -0.3 is 5.32 Å². The quantitative estimate of drug-likeness (QED) is 0.831. The molecule has 20 heavy (non-hydrogen) atoms. The summed E-state index contributed by atoms with van der Waals surface area (Å²) in [6.45, 7) is 4.43. The Labute approximate surface area is 125 Å². The van der Waals surface area contributed by atoms with Crippen LogP contribution >= 0.6 is 11.8 Å². The highest BCUT2D eigenvalue weighted by Crippen LogP contribution is 2.24. The van der Waals surface area contributed by atoms with Gasteiger partial charge in [-0.25, -0.2) is 9.67 Å². The number of thioether (sulfide) groups is 1. The average Bonchev–Trinajstić information content (AvgIpc) is 2.85. The molecule has 0 aliphatic heterocycles. The summed E-state index contributed by atoms with van der Waals surface area (Å²) in [5, 5.41) is 8.41. The van der Waals surface area contributed by atoms with Gasteiger partial charge in [0.25, 0.3) is 0 Å². The van der Waals surface area contributed by atoms with Gasteiger partial charge in [-0.15, -0.1) is 0 Å². The molecule has 1 aromatic heterocycles. The van der Waals surface area contributed by atoms with Crippen LogP contribution in [0.3, 0.4) is 0 Å². The van der Waals surface area contributed by atoms with Crippen LogP contribution in [0.5, 0.6) is 0 Å². The Balaban J connectivity index is 2.02. The van der Waals surface area contributed by atoms with Crippen molar-refractivity contribution in [2.24, 2.45) is 7.05 Å². The molecule has 0 amide bonds. The second kappa shape index (κ2) is 6.90. The largest absolute Gasteiger partial charge is 0.312 e. The SMILES string of the molecule is CNC(CSc1ncnn1C)c1ccc(C(C)C)cc1. The lowest BCUT2D eigenvalue weighted by Gasteiger charge is -2.17. The molecular formula is C15H22N4S. The van der Waals surface area contributed by atoms with Crippen LogP contribution in [0, 0.1) is 0 Å². The molecule has 1 aromatic carbocycles. The van der Waals surface area contributed by atoms with Crippen LogP contribution in [0.2, 0.25) is 0 Å². The molecule has 1 heterocycles. The number of nitrogens with one attached hydrogen (secondary N) is 1. The lowest BCUT2D eigenvalue weighted by Crippen LogP contribution is -2.19. The molecule has 0 radical (unpaired) electrons. The minimum Gasteiger partial charge on any atom is -0.312 e. The van der Waals surface area contributed by atoms with E-state index in [4.69, 9.17) is 0 Å². The molecule has 0 saturated carbocycles. The Morgan fingerprint density at radius 3 is 2.35 bits per heavy atom. The van der Waals surface area contributed by atoms with E-state index >= 15 is 0 Å². The lowest BCUT2D eigenvalue weighted by molar-refractivity contribution is 0.652. The lowest BCUT2D eigenvalue weighted by atomic mass is 10.00. The summed E-state index contributed by atoms with van der Waals surface area (Å²) in [7, 11) is 3.92. The van der Waals surface area contributed by atoms with Crippen molar-refractivity contribution in [3.63, 3.8) is 0 Å². The Hall–Kier alpha value is -1.33. The molecule has 5 heteroatoms. The van der Waals surface area contributed by atoms with Gasteiger partial charge in [-0.2, -0.15) is 5.10 Å². The summed E-state index contributed by atoms with van der Waals surface area (Å²) in [6, 6.07) is 9.19. The fourth-order valence-corrected chi connectivity index (χ4v) is 3.06. The molecular weight excluding hydrogens is 268 g/mol. The monoisotopic (exact) mass is 290 g/mol. The Morgan fingerprint density at radius 2 is 1.85 bits per heavy atom. The molecule has 0 aliphatic rings. The highest BCUT2D eigenvalue weighted by Gasteiger charge is 2.12. The zero-order valence-electron chi connectivity index (χ0n) is 12.5. The first-order chi connectivity index (χ1) is 9.61. The zero-order chi connectivity index (χ0) is 14.5. The number of rotatable bonds is 6. The molecule has 0 bridgehead atoms. The number of aryl methyl sites for hydroxylation is 1. The van der Waals surface area contributed by atoms with E-state index in [1.807, 2.05) is 14.1 Å². The first-order valence-electron chi connectivity index (χ1n) is 6.85. The van der Waals surface area contributed by atoms with E-state index in [0.717, 1.165) is 10.9 Å². The summed E-state index contributed by atoms with van der Waals surface area (Å²) in [4.78, 5) is 4.24. The molecule has 4 nitrogen and oxygen atoms in total. The van der Waals surface area contributed by atoms with Gasteiger partial charge in [0.1, 0.15) is 6.33 Å². The summed E-state index contributed by atoms with van der Waals surface area (Å²) < 4.78 is 1.80. The molecule has 0 saturated heterocycles. The van der Waals surface area contributed by atoms with Gasteiger partial charge in [0.15, 0.2) is 5.16 Å². The molecule has 108 valence electrons. The van der Waals surface area contributed by atoms with Crippen molar-refractivity contribution in [3.05, 3.63) is 41.7 Å². The van der Waals surface area contributed by atoms with E-state index in [1.54, 1.807) is 22.8 Å². The van der Waals surface area contributed by atoms with Gasteiger partial charge in [-0.1, -0.05) is 49.9 Å². The molecule has 2 rings (SSSR count). The fourth-order valence-electron chi connectivity index (χ4n) is 2.03. The van der Waals surface area contributed by atoms with Crippen LogP contribution in [-0.4, -0.2) is 27.6 Å². The van der Waals surface area contributed by atoms with Crippen LogP contribution < -0.4 is 5.32 Å². The van der Waals surface area contributed by atoms with Crippen LogP contribution in [0.4, 0.5) is 0 Å². The molecule has 0 fully saturated rings. The van der Waals surface area contributed by atoms with Crippen molar-refractivity contribution in [3.8, 4) is 0 Å². The minimum atomic E-state index is 0.318. The average molecular weight is 290 g/mol. The third-order valence-corrected chi connectivity index (χ3v) is 4.53. The van der Waals surface area contributed by atoms with E-state index in [-0.39, 0.29) is 0 Å². The maximum Gasteiger partial charge on any atom is 0.185 e. The van der Waals surface area contributed by atoms with Crippen LogP contribution in [0.1, 0.15) is 36.9 Å². The normalized spacial score (nSPS) is 12.8. The van der Waals surface area contributed by atoms with Gasteiger partial charge in [-0.05, 0) is 24.1 Å². The maximum absolute atomic E-state index is 4.24. The third kappa shape index (κ3) is 3.61. The Kier molecular flexibility index (Phi) is 5.20. The van der Waals surface area contributed by atoms with Crippen molar-refractivity contribution in [1.82, 2.24) is 20.1 Å². The van der Waals surface area contributed by atoms with E-state index < -0.39 is 0 Å². The summed E-state index contributed by atoms with van der Waals surface area (Å²) in [5.74, 6) is 1.51.